The van der Waals surface area contributed by atoms with Gasteiger partial charge in [0.25, 0.3) is 0 Å². The summed E-state index contributed by atoms with van der Waals surface area (Å²) in [6, 6.07) is 5.97. The van der Waals surface area contributed by atoms with Crippen molar-refractivity contribution < 1.29 is 9.57 Å². The third-order valence-corrected chi connectivity index (χ3v) is 4.35. The summed E-state index contributed by atoms with van der Waals surface area (Å²) >= 11 is 3.51. The molecule has 3 aromatic heterocycles. The Kier molecular flexibility index (Phi) is 5.70. The van der Waals surface area contributed by atoms with Crippen LogP contribution < -0.4 is 20.2 Å². The van der Waals surface area contributed by atoms with Crippen LogP contribution in [0.4, 0.5) is 11.6 Å². The predicted octanol–water partition coefficient (Wildman–Crippen LogP) is 2.66. The number of hydrogen-bond acceptors (Lipinski definition) is 5. The van der Waals surface area contributed by atoms with Gasteiger partial charge in [-0.25, -0.2) is 4.98 Å². The zero-order valence-corrected chi connectivity index (χ0v) is 16.0. The summed E-state index contributed by atoms with van der Waals surface area (Å²) in [4.78, 5) is 9.83. The molecule has 3 rings (SSSR count). The second kappa shape index (κ2) is 8.15. The van der Waals surface area contributed by atoms with Crippen molar-refractivity contribution >= 4 is 33.2 Å². The van der Waals surface area contributed by atoms with Gasteiger partial charge in [-0.05, 0) is 28.4 Å². The van der Waals surface area contributed by atoms with Crippen LogP contribution >= 0.6 is 15.9 Å². The molecule has 25 heavy (non-hydrogen) atoms. The average molecular weight is 406 g/mol. The predicted molar refractivity (Wildman–Crippen MR) is 101 cm³/mol. The smallest absolute Gasteiger partial charge is 0.227 e. The van der Waals surface area contributed by atoms with Crippen molar-refractivity contribution in [3.05, 3.63) is 46.8 Å². The van der Waals surface area contributed by atoms with Crippen LogP contribution in [-0.2, 0) is 6.54 Å². The quantitative estimate of drug-likeness (QED) is 0.445. The standard InChI is InChI=1S/C17H22BrN6O/c1-3-4-7-19-15-9-16(24-17(22-15)14(18)11-21-24)20-10-13-6-5-8-23(12-13)25-2/h5-6,8-9,11-12,20H,3-4,7,10H2,1-2H3,(H,19,22)/q+1. The first-order chi connectivity index (χ1) is 12.2. The van der Waals surface area contributed by atoms with E-state index in [1.54, 1.807) is 22.6 Å². The lowest BCUT2D eigenvalue weighted by atomic mass is 10.3. The van der Waals surface area contributed by atoms with Crippen molar-refractivity contribution in [3.8, 4) is 0 Å². The number of unbranched alkanes of at least 4 members (excludes halogenated alkanes) is 1. The first kappa shape index (κ1) is 17.5. The molecule has 0 fully saturated rings. The summed E-state index contributed by atoms with van der Waals surface area (Å²) in [6.45, 7) is 3.72. The highest BCUT2D eigenvalue weighted by Crippen LogP contribution is 2.22. The van der Waals surface area contributed by atoms with Gasteiger partial charge in [-0.15, -0.1) is 0 Å². The molecule has 8 heteroatoms. The molecule has 0 aliphatic carbocycles. The number of hydrogen-bond donors (Lipinski definition) is 2. The van der Waals surface area contributed by atoms with Gasteiger partial charge >= 0.3 is 0 Å². The molecule has 0 saturated heterocycles. The molecule has 0 bridgehead atoms. The fourth-order valence-electron chi connectivity index (χ4n) is 2.46. The molecular formula is C17H22BrN6O+. The molecule has 132 valence electrons. The van der Waals surface area contributed by atoms with E-state index in [0.717, 1.165) is 46.7 Å². The van der Waals surface area contributed by atoms with E-state index in [-0.39, 0.29) is 0 Å². The minimum atomic E-state index is 0.648. The number of nitrogens with zero attached hydrogens (tertiary/aromatic N) is 4. The Morgan fingerprint density at radius 1 is 1.36 bits per heavy atom. The van der Waals surface area contributed by atoms with Crippen LogP contribution in [0.25, 0.3) is 5.65 Å². The summed E-state index contributed by atoms with van der Waals surface area (Å²) in [5.74, 6) is 1.71. The Morgan fingerprint density at radius 2 is 2.24 bits per heavy atom. The Labute approximate surface area is 155 Å². The van der Waals surface area contributed by atoms with E-state index in [0.29, 0.717) is 6.54 Å². The number of halogens is 1. The van der Waals surface area contributed by atoms with E-state index >= 15 is 0 Å². The van der Waals surface area contributed by atoms with Gasteiger partial charge in [0.1, 0.15) is 18.7 Å². The summed E-state index contributed by atoms with van der Waals surface area (Å²) in [7, 11) is 1.64. The highest BCUT2D eigenvalue weighted by Gasteiger charge is 2.11. The van der Waals surface area contributed by atoms with Crippen LogP contribution in [0.5, 0.6) is 0 Å². The van der Waals surface area contributed by atoms with E-state index in [4.69, 9.17) is 4.84 Å². The first-order valence-corrected chi connectivity index (χ1v) is 9.07. The van der Waals surface area contributed by atoms with Crippen molar-refractivity contribution in [2.45, 2.75) is 26.3 Å². The first-order valence-electron chi connectivity index (χ1n) is 8.28. The maximum absolute atomic E-state index is 5.20. The van der Waals surface area contributed by atoms with Crippen molar-refractivity contribution in [1.29, 1.82) is 0 Å². The van der Waals surface area contributed by atoms with Gasteiger partial charge in [-0.1, -0.05) is 13.3 Å². The molecule has 0 amide bonds. The Hall–Kier alpha value is -2.35. The fraction of sp³-hybridized carbons (Fsp3) is 0.353. The average Bonchev–Trinajstić information content (AvgIpc) is 3.01. The Bertz CT molecular complexity index is 850. The number of anilines is 2. The molecule has 0 aliphatic rings. The second-order valence-electron chi connectivity index (χ2n) is 5.64. The van der Waals surface area contributed by atoms with Crippen LogP contribution in [0.3, 0.4) is 0 Å². The summed E-state index contributed by atoms with van der Waals surface area (Å²) in [5.41, 5.74) is 1.88. The van der Waals surface area contributed by atoms with Crippen molar-refractivity contribution in [3.63, 3.8) is 0 Å². The molecule has 2 N–H and O–H groups in total. The minimum Gasteiger partial charge on any atom is -0.370 e. The molecule has 0 unspecified atom stereocenters. The summed E-state index contributed by atoms with van der Waals surface area (Å²) < 4.78 is 4.33. The fourth-order valence-corrected chi connectivity index (χ4v) is 2.81. The molecule has 0 saturated carbocycles. The highest BCUT2D eigenvalue weighted by molar-refractivity contribution is 9.10. The van der Waals surface area contributed by atoms with E-state index in [1.807, 2.05) is 30.6 Å². The Morgan fingerprint density at radius 3 is 3.04 bits per heavy atom. The van der Waals surface area contributed by atoms with Gasteiger partial charge in [-0.3, -0.25) is 4.84 Å². The van der Waals surface area contributed by atoms with Gasteiger partial charge in [0, 0.05) is 35.5 Å². The van der Waals surface area contributed by atoms with E-state index in [9.17, 15) is 0 Å². The molecule has 0 atom stereocenters. The SMILES string of the molecule is CCCCNc1cc(NCc2ccc[n+](OC)c2)n2ncc(Br)c2n1. The number of aromatic nitrogens is 4. The largest absolute Gasteiger partial charge is 0.370 e. The maximum atomic E-state index is 5.20. The number of fused-ring (bicyclic) bond motifs is 1. The third kappa shape index (κ3) is 4.19. The number of rotatable bonds is 8. The molecular weight excluding hydrogens is 384 g/mol. The van der Waals surface area contributed by atoms with E-state index in [1.165, 1.54) is 0 Å². The normalized spacial score (nSPS) is 10.8. The van der Waals surface area contributed by atoms with Crippen LogP contribution in [-0.4, -0.2) is 28.3 Å². The summed E-state index contributed by atoms with van der Waals surface area (Å²) in [6.07, 6.45) is 7.80. The van der Waals surface area contributed by atoms with Crippen molar-refractivity contribution in [2.75, 3.05) is 24.3 Å². The number of nitrogens with one attached hydrogen (secondary N) is 2. The van der Waals surface area contributed by atoms with Crippen LogP contribution in [0.1, 0.15) is 25.3 Å². The lowest BCUT2D eigenvalue weighted by molar-refractivity contribution is -0.885. The van der Waals surface area contributed by atoms with Gasteiger partial charge in [0.2, 0.25) is 12.4 Å². The lowest BCUT2D eigenvalue weighted by Gasteiger charge is -2.11. The van der Waals surface area contributed by atoms with E-state index < -0.39 is 0 Å². The van der Waals surface area contributed by atoms with Crippen LogP contribution in [0.15, 0.2) is 41.3 Å². The molecule has 7 nitrogen and oxygen atoms in total. The van der Waals surface area contributed by atoms with Crippen molar-refractivity contribution in [1.82, 2.24) is 14.6 Å². The summed E-state index contributed by atoms with van der Waals surface area (Å²) in [5, 5.41) is 11.2. The van der Waals surface area contributed by atoms with Gasteiger partial charge in [0.05, 0.1) is 10.7 Å². The van der Waals surface area contributed by atoms with E-state index in [2.05, 4.69) is 43.6 Å². The third-order valence-electron chi connectivity index (χ3n) is 3.79. The second-order valence-corrected chi connectivity index (χ2v) is 6.50. The van der Waals surface area contributed by atoms with Gasteiger partial charge in [0.15, 0.2) is 5.65 Å². The minimum absolute atomic E-state index is 0.648. The molecule has 0 aliphatic heterocycles. The van der Waals surface area contributed by atoms with Crippen LogP contribution in [0.2, 0.25) is 0 Å². The molecule has 3 aromatic rings. The maximum Gasteiger partial charge on any atom is 0.227 e. The van der Waals surface area contributed by atoms with Gasteiger partial charge in [-0.2, -0.15) is 9.61 Å². The van der Waals surface area contributed by atoms with Crippen molar-refractivity contribution in [2.24, 2.45) is 0 Å². The molecule has 0 spiro atoms. The molecule has 0 aromatic carbocycles. The Balaban J connectivity index is 1.83. The number of pyridine rings is 1. The molecule has 3 heterocycles. The monoisotopic (exact) mass is 405 g/mol. The topological polar surface area (TPSA) is 67.4 Å². The lowest BCUT2D eigenvalue weighted by Crippen LogP contribution is -2.40. The van der Waals surface area contributed by atoms with Crippen LogP contribution in [0, 0.1) is 0 Å². The highest BCUT2D eigenvalue weighted by atomic mass is 79.9. The van der Waals surface area contributed by atoms with Gasteiger partial charge < -0.3 is 10.6 Å². The molecule has 0 radical (unpaired) electrons. The zero-order chi connectivity index (χ0) is 17.6. The zero-order valence-electron chi connectivity index (χ0n) is 14.4.